The fraction of sp³-hybridized carbons (Fsp3) is 0.650. The zero-order valence-corrected chi connectivity index (χ0v) is 15.4. The van der Waals surface area contributed by atoms with Crippen LogP contribution >= 0.6 is 0 Å². The first-order chi connectivity index (χ1) is 11.4. The second-order valence-electron chi connectivity index (χ2n) is 8.14. The first-order valence-electron chi connectivity index (χ1n) is 9.05. The van der Waals surface area contributed by atoms with Gasteiger partial charge in [0, 0.05) is 31.0 Å². The summed E-state index contributed by atoms with van der Waals surface area (Å²) >= 11 is 0. The normalized spacial score (nSPS) is 26.5. The van der Waals surface area contributed by atoms with E-state index in [-0.39, 0.29) is 0 Å². The minimum absolute atomic E-state index is 0.296. The quantitative estimate of drug-likeness (QED) is 0.803. The summed E-state index contributed by atoms with van der Waals surface area (Å²) < 4.78 is 5.73. The molecule has 1 aromatic rings. The number of nitrogens with zero attached hydrogens (tertiary/aromatic N) is 2. The lowest BCUT2D eigenvalue weighted by atomic mass is 9.93. The van der Waals surface area contributed by atoms with E-state index in [4.69, 9.17) is 4.74 Å². The van der Waals surface area contributed by atoms with Gasteiger partial charge in [0.25, 0.3) is 0 Å². The number of hydrogen-bond donors (Lipinski definition) is 0. The van der Waals surface area contributed by atoms with Crippen molar-refractivity contribution in [3.05, 3.63) is 29.8 Å². The molecule has 0 aromatic heterocycles. The molecule has 1 aromatic carbocycles. The molecule has 1 saturated heterocycles. The first-order valence-corrected chi connectivity index (χ1v) is 9.05. The molecule has 1 spiro atoms. The fourth-order valence-corrected chi connectivity index (χ4v) is 3.87. The Hall–Kier alpha value is -1.55. The largest absolute Gasteiger partial charge is 0.493 e. The molecule has 2 unspecified atom stereocenters. The van der Waals surface area contributed by atoms with Crippen LogP contribution in [-0.4, -0.2) is 49.0 Å². The average molecular weight is 330 g/mol. The van der Waals surface area contributed by atoms with Gasteiger partial charge in [0.15, 0.2) is 0 Å². The van der Waals surface area contributed by atoms with Gasteiger partial charge in [0.2, 0.25) is 5.91 Å². The lowest BCUT2D eigenvalue weighted by Gasteiger charge is -2.34. The van der Waals surface area contributed by atoms with E-state index in [9.17, 15) is 4.79 Å². The highest BCUT2D eigenvalue weighted by Crippen LogP contribution is 2.54. The molecular formula is C20H30N2O2. The van der Waals surface area contributed by atoms with E-state index in [1.807, 2.05) is 12.1 Å². The van der Waals surface area contributed by atoms with Crippen molar-refractivity contribution < 1.29 is 9.53 Å². The highest BCUT2D eigenvalue weighted by atomic mass is 16.5. The second-order valence-corrected chi connectivity index (χ2v) is 8.14. The molecule has 132 valence electrons. The smallest absolute Gasteiger partial charge is 0.222 e. The number of carbonyl (C=O) groups is 1. The number of hydrogen-bond acceptors (Lipinski definition) is 3. The van der Waals surface area contributed by atoms with Gasteiger partial charge in [-0.3, -0.25) is 4.79 Å². The Morgan fingerprint density at radius 2 is 2.00 bits per heavy atom. The van der Waals surface area contributed by atoms with Crippen molar-refractivity contribution in [2.75, 3.05) is 27.2 Å². The summed E-state index contributed by atoms with van der Waals surface area (Å²) in [5.41, 5.74) is 1.52. The van der Waals surface area contributed by atoms with Crippen LogP contribution in [0.4, 0.5) is 0 Å². The molecule has 1 heterocycles. The van der Waals surface area contributed by atoms with Gasteiger partial charge in [0.1, 0.15) is 5.75 Å². The zero-order valence-electron chi connectivity index (χ0n) is 15.4. The lowest BCUT2D eigenvalue weighted by Crippen LogP contribution is -2.43. The van der Waals surface area contributed by atoms with Crippen LogP contribution in [0.25, 0.3) is 0 Å². The Morgan fingerprint density at radius 1 is 1.29 bits per heavy atom. The molecule has 24 heavy (non-hydrogen) atoms. The van der Waals surface area contributed by atoms with E-state index in [0.29, 0.717) is 36.2 Å². The summed E-state index contributed by atoms with van der Waals surface area (Å²) in [6.45, 7) is 6.64. The van der Waals surface area contributed by atoms with Crippen molar-refractivity contribution in [3.8, 4) is 5.75 Å². The third kappa shape index (κ3) is 3.75. The van der Waals surface area contributed by atoms with Gasteiger partial charge in [-0.1, -0.05) is 26.0 Å². The van der Waals surface area contributed by atoms with Crippen LogP contribution in [0.15, 0.2) is 24.3 Å². The maximum Gasteiger partial charge on any atom is 0.222 e. The van der Waals surface area contributed by atoms with Crippen LogP contribution in [0, 0.1) is 11.3 Å². The molecule has 2 fully saturated rings. The van der Waals surface area contributed by atoms with E-state index < -0.39 is 0 Å². The van der Waals surface area contributed by atoms with Crippen LogP contribution in [0.5, 0.6) is 5.75 Å². The van der Waals surface area contributed by atoms with Gasteiger partial charge in [-0.2, -0.15) is 0 Å². The molecule has 2 aliphatic rings. The molecule has 0 N–H and O–H groups in total. The second kappa shape index (κ2) is 6.75. The van der Waals surface area contributed by atoms with Gasteiger partial charge >= 0.3 is 0 Å². The molecule has 1 amide bonds. The van der Waals surface area contributed by atoms with Crippen LogP contribution in [0.3, 0.4) is 0 Å². The van der Waals surface area contributed by atoms with Crippen molar-refractivity contribution in [1.29, 1.82) is 0 Å². The van der Waals surface area contributed by atoms with Gasteiger partial charge in [-0.25, -0.2) is 0 Å². The van der Waals surface area contributed by atoms with Crippen molar-refractivity contribution >= 4 is 5.91 Å². The van der Waals surface area contributed by atoms with Crippen molar-refractivity contribution in [3.63, 3.8) is 0 Å². The summed E-state index contributed by atoms with van der Waals surface area (Å²) in [5, 5.41) is 0. The van der Waals surface area contributed by atoms with E-state index in [1.54, 1.807) is 0 Å². The van der Waals surface area contributed by atoms with Gasteiger partial charge in [-0.05, 0) is 50.6 Å². The molecule has 1 aliphatic heterocycles. The fourth-order valence-electron chi connectivity index (χ4n) is 3.87. The highest BCUT2D eigenvalue weighted by Gasteiger charge is 2.57. The van der Waals surface area contributed by atoms with E-state index >= 15 is 0 Å². The summed E-state index contributed by atoms with van der Waals surface area (Å²) in [4.78, 5) is 16.7. The predicted molar refractivity (Wildman–Crippen MR) is 96.0 cm³/mol. The number of piperidine rings is 1. The van der Waals surface area contributed by atoms with Gasteiger partial charge in [-0.15, -0.1) is 0 Å². The molecule has 4 nitrogen and oxygen atoms in total. The molecule has 1 saturated carbocycles. The Labute approximate surface area is 145 Å². The first kappa shape index (κ1) is 17.3. The number of benzene rings is 1. The van der Waals surface area contributed by atoms with Crippen LogP contribution in [0.1, 0.15) is 38.7 Å². The SMILES string of the molecule is CC(C)COc1ccc(CN2CC3(CCC2=O)CC3N(C)C)cc1. The van der Waals surface area contributed by atoms with E-state index in [1.165, 1.54) is 12.0 Å². The monoisotopic (exact) mass is 330 g/mol. The summed E-state index contributed by atoms with van der Waals surface area (Å²) in [6, 6.07) is 8.84. The van der Waals surface area contributed by atoms with Crippen molar-refractivity contribution in [2.45, 2.75) is 45.7 Å². The molecule has 0 radical (unpaired) electrons. The number of ether oxygens (including phenoxy) is 1. The number of rotatable bonds is 6. The molecule has 0 bridgehead atoms. The molecule has 1 aliphatic carbocycles. The van der Waals surface area contributed by atoms with Crippen LogP contribution in [-0.2, 0) is 11.3 Å². The molecule has 4 heteroatoms. The summed E-state index contributed by atoms with van der Waals surface area (Å²) in [6.07, 6.45) is 2.97. The third-order valence-corrected chi connectivity index (χ3v) is 5.35. The van der Waals surface area contributed by atoms with E-state index in [0.717, 1.165) is 25.3 Å². The Balaban J connectivity index is 1.59. The minimum atomic E-state index is 0.296. The lowest BCUT2D eigenvalue weighted by molar-refractivity contribution is -0.136. The maximum atomic E-state index is 12.3. The standard InChI is InChI=1S/C20H30N2O2/c1-15(2)13-24-17-7-5-16(6-8-17)12-22-14-20(10-9-19(22)23)11-18(20)21(3)4/h5-8,15,18H,9-14H2,1-4H3. The van der Waals surface area contributed by atoms with Crippen molar-refractivity contribution in [2.24, 2.45) is 11.3 Å². The third-order valence-electron chi connectivity index (χ3n) is 5.35. The molecular weight excluding hydrogens is 300 g/mol. The topological polar surface area (TPSA) is 32.8 Å². The Bertz CT molecular complexity index is 582. The Morgan fingerprint density at radius 3 is 2.58 bits per heavy atom. The Kier molecular flexibility index (Phi) is 4.86. The molecule has 3 rings (SSSR count). The van der Waals surface area contributed by atoms with Crippen molar-refractivity contribution in [1.82, 2.24) is 9.80 Å². The van der Waals surface area contributed by atoms with Crippen LogP contribution < -0.4 is 4.74 Å². The van der Waals surface area contributed by atoms with E-state index in [2.05, 4.69) is 49.9 Å². The predicted octanol–water partition coefficient (Wildman–Crippen LogP) is 3.16. The number of amides is 1. The molecule has 2 atom stereocenters. The van der Waals surface area contributed by atoms with Crippen LogP contribution in [0.2, 0.25) is 0 Å². The van der Waals surface area contributed by atoms with Gasteiger partial charge < -0.3 is 14.5 Å². The number of carbonyl (C=O) groups excluding carboxylic acids is 1. The summed E-state index contributed by atoms with van der Waals surface area (Å²) in [5.74, 6) is 1.73. The highest BCUT2D eigenvalue weighted by molar-refractivity contribution is 5.77. The zero-order chi connectivity index (χ0) is 17.3. The summed E-state index contributed by atoms with van der Waals surface area (Å²) in [7, 11) is 4.30. The minimum Gasteiger partial charge on any atom is -0.493 e. The maximum absolute atomic E-state index is 12.3. The van der Waals surface area contributed by atoms with Gasteiger partial charge in [0.05, 0.1) is 6.61 Å². The number of likely N-dealkylation sites (tertiary alicyclic amines) is 1. The average Bonchev–Trinajstić information content (AvgIpc) is 3.24.